The maximum Gasteiger partial charge on any atom is 0.0756 e. The Bertz CT molecular complexity index is 223. The van der Waals surface area contributed by atoms with Crippen LogP contribution in [-0.2, 0) is 0 Å². The van der Waals surface area contributed by atoms with E-state index in [1.54, 1.807) is 6.20 Å². The van der Waals surface area contributed by atoms with Gasteiger partial charge in [-0.25, -0.2) is 0 Å². The van der Waals surface area contributed by atoms with Crippen LogP contribution in [0.4, 0.5) is 5.69 Å². The fourth-order valence-electron chi connectivity index (χ4n) is 0.779. The van der Waals surface area contributed by atoms with Gasteiger partial charge in [0.25, 0.3) is 0 Å². The Hall–Kier alpha value is -0.700. The third-order valence-corrected chi connectivity index (χ3v) is 1.51. The first-order valence-corrected chi connectivity index (χ1v) is 3.62. The van der Waals surface area contributed by atoms with Crippen molar-refractivity contribution in [3.8, 4) is 0 Å². The third kappa shape index (κ3) is 1.42. The fraction of sp³-hybridized carbons (Fsp3) is 0.286. The zero-order valence-electron chi connectivity index (χ0n) is 5.78. The van der Waals surface area contributed by atoms with Crippen molar-refractivity contribution in [2.45, 2.75) is 12.2 Å². The van der Waals surface area contributed by atoms with Crippen molar-refractivity contribution in [2.24, 2.45) is 0 Å². The van der Waals surface area contributed by atoms with Crippen LogP contribution in [0.15, 0.2) is 18.3 Å². The SMILES string of the molecule is CC(S)c1ncccc1N. The van der Waals surface area contributed by atoms with Gasteiger partial charge in [0, 0.05) is 11.4 Å². The van der Waals surface area contributed by atoms with Crippen molar-refractivity contribution in [3.05, 3.63) is 24.0 Å². The number of aromatic nitrogens is 1. The molecule has 0 aliphatic rings. The van der Waals surface area contributed by atoms with Gasteiger partial charge in [-0.05, 0) is 19.1 Å². The molecule has 1 heterocycles. The van der Waals surface area contributed by atoms with Gasteiger partial charge < -0.3 is 5.73 Å². The van der Waals surface area contributed by atoms with Crippen LogP contribution in [0.1, 0.15) is 17.9 Å². The molecule has 10 heavy (non-hydrogen) atoms. The number of rotatable bonds is 1. The monoisotopic (exact) mass is 154 g/mol. The number of nitrogens with zero attached hydrogens (tertiary/aromatic N) is 1. The summed E-state index contributed by atoms with van der Waals surface area (Å²) in [6.45, 7) is 1.95. The molecule has 54 valence electrons. The summed E-state index contributed by atoms with van der Waals surface area (Å²) in [6.07, 6.45) is 1.72. The summed E-state index contributed by atoms with van der Waals surface area (Å²) >= 11 is 4.21. The molecule has 1 rings (SSSR count). The first-order chi connectivity index (χ1) is 4.72. The second-order valence-electron chi connectivity index (χ2n) is 2.15. The Kier molecular flexibility index (Phi) is 2.17. The van der Waals surface area contributed by atoms with Crippen LogP contribution in [0, 0.1) is 0 Å². The molecule has 0 saturated carbocycles. The molecule has 3 heteroatoms. The highest BCUT2D eigenvalue weighted by atomic mass is 32.1. The number of hydrogen-bond donors (Lipinski definition) is 2. The zero-order valence-corrected chi connectivity index (χ0v) is 6.68. The summed E-state index contributed by atoms with van der Waals surface area (Å²) in [5.74, 6) is 0. The van der Waals surface area contributed by atoms with Gasteiger partial charge in [-0.2, -0.15) is 12.6 Å². The van der Waals surface area contributed by atoms with Gasteiger partial charge in [-0.15, -0.1) is 0 Å². The Balaban J connectivity index is 3.03. The van der Waals surface area contributed by atoms with Crippen LogP contribution in [0.5, 0.6) is 0 Å². The minimum absolute atomic E-state index is 0.112. The minimum atomic E-state index is 0.112. The Labute approximate surface area is 65.9 Å². The topological polar surface area (TPSA) is 38.9 Å². The van der Waals surface area contributed by atoms with Gasteiger partial charge in [0.1, 0.15) is 0 Å². The number of thiol groups is 1. The molecule has 2 nitrogen and oxygen atoms in total. The van der Waals surface area contributed by atoms with Crippen LogP contribution in [0.3, 0.4) is 0 Å². The molecule has 0 saturated heterocycles. The summed E-state index contributed by atoms with van der Waals surface area (Å²) in [6, 6.07) is 3.64. The molecule has 1 atom stereocenters. The van der Waals surface area contributed by atoms with Gasteiger partial charge in [0.15, 0.2) is 0 Å². The number of nitrogen functional groups attached to an aromatic ring is 1. The lowest BCUT2D eigenvalue weighted by atomic mass is 10.2. The van der Waals surface area contributed by atoms with Crippen LogP contribution in [0.2, 0.25) is 0 Å². The molecule has 2 N–H and O–H groups in total. The van der Waals surface area contributed by atoms with Gasteiger partial charge in [-0.1, -0.05) is 0 Å². The Morgan fingerprint density at radius 1 is 1.70 bits per heavy atom. The number of nitrogens with two attached hydrogens (primary N) is 1. The third-order valence-electron chi connectivity index (χ3n) is 1.27. The maximum absolute atomic E-state index is 5.61. The summed E-state index contributed by atoms with van der Waals surface area (Å²) in [5, 5.41) is 0.112. The zero-order chi connectivity index (χ0) is 7.56. The first kappa shape index (κ1) is 7.41. The van der Waals surface area contributed by atoms with Crippen molar-refractivity contribution in [2.75, 3.05) is 5.73 Å². The number of hydrogen-bond acceptors (Lipinski definition) is 3. The molecule has 1 aromatic rings. The van der Waals surface area contributed by atoms with E-state index >= 15 is 0 Å². The molecule has 1 unspecified atom stereocenters. The summed E-state index contributed by atoms with van der Waals surface area (Å²) in [5.41, 5.74) is 7.18. The minimum Gasteiger partial charge on any atom is -0.397 e. The Morgan fingerprint density at radius 2 is 2.40 bits per heavy atom. The molecule has 0 aliphatic heterocycles. The van der Waals surface area contributed by atoms with E-state index < -0.39 is 0 Å². The average molecular weight is 154 g/mol. The van der Waals surface area contributed by atoms with E-state index in [9.17, 15) is 0 Å². The highest BCUT2D eigenvalue weighted by Gasteiger charge is 2.03. The summed E-state index contributed by atoms with van der Waals surface area (Å²) < 4.78 is 0. The lowest BCUT2D eigenvalue weighted by Gasteiger charge is -2.04. The average Bonchev–Trinajstić information content (AvgIpc) is 1.88. The van der Waals surface area contributed by atoms with E-state index in [-0.39, 0.29) is 5.25 Å². The molecule has 0 aromatic carbocycles. The van der Waals surface area contributed by atoms with Crippen molar-refractivity contribution < 1.29 is 0 Å². The van der Waals surface area contributed by atoms with Crippen molar-refractivity contribution in [1.82, 2.24) is 4.98 Å². The second kappa shape index (κ2) is 2.92. The van der Waals surface area contributed by atoms with Crippen molar-refractivity contribution >= 4 is 18.3 Å². The van der Waals surface area contributed by atoms with Crippen molar-refractivity contribution in [3.63, 3.8) is 0 Å². The highest BCUT2D eigenvalue weighted by Crippen LogP contribution is 2.21. The maximum atomic E-state index is 5.61. The van der Waals surface area contributed by atoms with Gasteiger partial charge in [-0.3, -0.25) is 4.98 Å². The number of pyridine rings is 1. The molecule has 0 fully saturated rings. The van der Waals surface area contributed by atoms with Crippen LogP contribution >= 0.6 is 12.6 Å². The van der Waals surface area contributed by atoms with Gasteiger partial charge in [0.2, 0.25) is 0 Å². The van der Waals surface area contributed by atoms with E-state index in [1.165, 1.54) is 0 Å². The normalized spacial score (nSPS) is 13.0. The predicted octanol–water partition coefficient (Wildman–Crippen LogP) is 1.65. The van der Waals surface area contributed by atoms with Crippen LogP contribution in [0.25, 0.3) is 0 Å². The molecule has 0 radical (unpaired) electrons. The first-order valence-electron chi connectivity index (χ1n) is 3.10. The molecule has 1 aromatic heterocycles. The smallest absolute Gasteiger partial charge is 0.0756 e. The van der Waals surface area contributed by atoms with E-state index in [4.69, 9.17) is 5.73 Å². The molecular weight excluding hydrogens is 144 g/mol. The standard InChI is InChI=1S/C7H10N2S/c1-5(10)7-6(8)3-2-4-9-7/h2-5,10H,8H2,1H3. The van der Waals surface area contributed by atoms with Crippen LogP contribution < -0.4 is 5.73 Å². The lowest BCUT2D eigenvalue weighted by molar-refractivity contribution is 1.02. The molecular formula is C7H10N2S. The van der Waals surface area contributed by atoms with E-state index in [0.29, 0.717) is 5.69 Å². The summed E-state index contributed by atoms with van der Waals surface area (Å²) in [7, 11) is 0. The largest absolute Gasteiger partial charge is 0.397 e. The van der Waals surface area contributed by atoms with Crippen LogP contribution in [-0.4, -0.2) is 4.98 Å². The Morgan fingerprint density at radius 3 is 2.80 bits per heavy atom. The molecule has 0 amide bonds. The number of anilines is 1. The molecule has 0 spiro atoms. The van der Waals surface area contributed by atoms with E-state index in [2.05, 4.69) is 17.6 Å². The van der Waals surface area contributed by atoms with Gasteiger partial charge >= 0.3 is 0 Å². The quantitative estimate of drug-likeness (QED) is 0.604. The summed E-state index contributed by atoms with van der Waals surface area (Å²) in [4.78, 5) is 4.08. The van der Waals surface area contributed by atoms with Gasteiger partial charge in [0.05, 0.1) is 11.4 Å². The van der Waals surface area contributed by atoms with Crippen molar-refractivity contribution in [1.29, 1.82) is 0 Å². The second-order valence-corrected chi connectivity index (χ2v) is 2.93. The fourth-order valence-corrected chi connectivity index (χ4v) is 0.995. The molecule has 0 aliphatic carbocycles. The van der Waals surface area contributed by atoms with E-state index in [0.717, 1.165) is 5.69 Å². The highest BCUT2D eigenvalue weighted by molar-refractivity contribution is 7.80. The van der Waals surface area contributed by atoms with E-state index in [1.807, 2.05) is 19.1 Å². The predicted molar refractivity (Wildman–Crippen MR) is 46.1 cm³/mol. The molecule has 0 bridgehead atoms. The lowest BCUT2D eigenvalue weighted by Crippen LogP contribution is -1.96.